The first-order valence-electron chi connectivity index (χ1n) is 4.46. The molecule has 0 spiro atoms. The zero-order valence-corrected chi connectivity index (χ0v) is 8.52. The first-order chi connectivity index (χ1) is 6.65. The molecule has 0 atom stereocenters. The van der Waals surface area contributed by atoms with Gasteiger partial charge in [-0.3, -0.25) is 4.68 Å². The Hall–Kier alpha value is -1.71. The van der Waals surface area contributed by atoms with Gasteiger partial charge in [0.1, 0.15) is 5.82 Å². The van der Waals surface area contributed by atoms with Gasteiger partial charge in [0, 0.05) is 24.5 Å². The van der Waals surface area contributed by atoms with E-state index in [1.165, 1.54) is 0 Å². The van der Waals surface area contributed by atoms with Crippen molar-refractivity contribution in [3.63, 3.8) is 0 Å². The molecule has 0 aliphatic rings. The van der Waals surface area contributed by atoms with E-state index in [1.54, 1.807) is 10.9 Å². The molecule has 0 unspecified atom stereocenters. The Labute approximate surface area is 82.6 Å². The van der Waals surface area contributed by atoms with E-state index in [2.05, 4.69) is 15.1 Å². The lowest BCUT2D eigenvalue weighted by atomic mass is 10.2. The van der Waals surface area contributed by atoms with Crippen molar-refractivity contribution < 1.29 is 0 Å². The third-order valence-electron chi connectivity index (χ3n) is 1.97. The maximum Gasteiger partial charge on any atom is 0.126 e. The Morgan fingerprint density at radius 1 is 1.21 bits per heavy atom. The van der Waals surface area contributed by atoms with Crippen LogP contribution in [0.2, 0.25) is 0 Å². The van der Waals surface area contributed by atoms with Crippen LogP contribution in [0.15, 0.2) is 18.5 Å². The van der Waals surface area contributed by atoms with Gasteiger partial charge in [-0.05, 0) is 19.9 Å². The summed E-state index contributed by atoms with van der Waals surface area (Å²) in [6.45, 7) is 3.86. The van der Waals surface area contributed by atoms with Gasteiger partial charge in [0.25, 0.3) is 0 Å². The van der Waals surface area contributed by atoms with Crippen LogP contribution in [-0.4, -0.2) is 19.7 Å². The van der Waals surface area contributed by atoms with E-state index in [-0.39, 0.29) is 0 Å². The minimum absolute atomic E-state index is 0.795. The third-order valence-corrected chi connectivity index (χ3v) is 1.97. The van der Waals surface area contributed by atoms with Gasteiger partial charge in [-0.1, -0.05) is 0 Å². The third kappa shape index (κ3) is 1.64. The molecule has 0 aliphatic heterocycles. The molecule has 0 saturated heterocycles. The molecule has 4 nitrogen and oxygen atoms in total. The van der Waals surface area contributed by atoms with E-state index in [0.717, 1.165) is 22.8 Å². The Morgan fingerprint density at radius 2 is 2.00 bits per heavy atom. The van der Waals surface area contributed by atoms with E-state index in [1.807, 2.05) is 33.2 Å². The summed E-state index contributed by atoms with van der Waals surface area (Å²) in [5, 5.41) is 4.11. The molecular weight excluding hydrogens is 176 g/mol. The van der Waals surface area contributed by atoms with Gasteiger partial charge in [-0.15, -0.1) is 0 Å². The van der Waals surface area contributed by atoms with Crippen molar-refractivity contribution in [2.45, 2.75) is 13.8 Å². The Morgan fingerprint density at radius 3 is 2.57 bits per heavy atom. The number of hydrogen-bond donors (Lipinski definition) is 0. The molecule has 0 amide bonds. The predicted octanol–water partition coefficient (Wildman–Crippen LogP) is 1.49. The Balaban J connectivity index is 2.51. The van der Waals surface area contributed by atoms with Crippen molar-refractivity contribution in [1.29, 1.82) is 0 Å². The lowest BCUT2D eigenvalue weighted by molar-refractivity contribution is 0.768. The summed E-state index contributed by atoms with van der Waals surface area (Å²) in [6, 6.07) is 1.96. The molecule has 0 aromatic carbocycles. The number of nitrogens with zero attached hydrogens (tertiary/aromatic N) is 4. The number of rotatable bonds is 1. The highest BCUT2D eigenvalue weighted by molar-refractivity contribution is 5.57. The molecular formula is C10H12N4. The maximum absolute atomic E-state index is 4.35. The molecule has 2 rings (SSSR count). The smallest absolute Gasteiger partial charge is 0.126 e. The van der Waals surface area contributed by atoms with Crippen LogP contribution in [0.25, 0.3) is 11.3 Å². The van der Waals surface area contributed by atoms with Gasteiger partial charge in [0.2, 0.25) is 0 Å². The van der Waals surface area contributed by atoms with Crippen molar-refractivity contribution >= 4 is 0 Å². The molecule has 4 heteroatoms. The molecule has 0 aliphatic carbocycles. The molecule has 0 N–H and O–H groups in total. The molecule has 14 heavy (non-hydrogen) atoms. The molecule has 0 fully saturated rings. The largest absolute Gasteiger partial charge is 0.275 e. The lowest BCUT2D eigenvalue weighted by Crippen LogP contribution is -1.93. The predicted molar refractivity (Wildman–Crippen MR) is 53.7 cm³/mol. The van der Waals surface area contributed by atoms with Crippen LogP contribution >= 0.6 is 0 Å². The summed E-state index contributed by atoms with van der Waals surface area (Å²) in [6.07, 6.45) is 3.75. The van der Waals surface area contributed by atoms with Crippen LogP contribution < -0.4 is 0 Å². The topological polar surface area (TPSA) is 43.6 Å². The molecule has 2 heterocycles. The minimum Gasteiger partial charge on any atom is -0.275 e. The van der Waals surface area contributed by atoms with Gasteiger partial charge < -0.3 is 0 Å². The van der Waals surface area contributed by atoms with Gasteiger partial charge in [0.15, 0.2) is 0 Å². The average Bonchev–Trinajstić information content (AvgIpc) is 2.50. The van der Waals surface area contributed by atoms with Crippen molar-refractivity contribution in [1.82, 2.24) is 19.7 Å². The lowest BCUT2D eigenvalue weighted by Gasteiger charge is -1.99. The van der Waals surface area contributed by atoms with Crippen LogP contribution in [0.4, 0.5) is 0 Å². The van der Waals surface area contributed by atoms with Gasteiger partial charge in [-0.25, -0.2) is 9.97 Å². The molecule has 0 radical (unpaired) electrons. The monoisotopic (exact) mass is 188 g/mol. The van der Waals surface area contributed by atoms with E-state index < -0.39 is 0 Å². The van der Waals surface area contributed by atoms with Crippen LogP contribution in [0.3, 0.4) is 0 Å². The summed E-state index contributed by atoms with van der Waals surface area (Å²) in [4.78, 5) is 8.58. The molecule has 0 bridgehead atoms. The van der Waals surface area contributed by atoms with Crippen molar-refractivity contribution in [3.8, 4) is 11.3 Å². The first-order valence-corrected chi connectivity index (χ1v) is 4.46. The van der Waals surface area contributed by atoms with Crippen LogP contribution in [0.5, 0.6) is 0 Å². The number of aromatic nitrogens is 4. The van der Waals surface area contributed by atoms with E-state index in [4.69, 9.17) is 0 Å². The van der Waals surface area contributed by atoms with Gasteiger partial charge in [-0.2, -0.15) is 5.10 Å². The standard InChI is InChI=1S/C10H12N4/c1-7-4-10(13-8(2)12-7)9-5-11-14(3)6-9/h4-6H,1-3H3. The normalized spacial score (nSPS) is 10.5. The molecule has 2 aromatic heterocycles. The fourth-order valence-corrected chi connectivity index (χ4v) is 1.42. The van der Waals surface area contributed by atoms with Crippen LogP contribution in [0.1, 0.15) is 11.5 Å². The fraction of sp³-hybridized carbons (Fsp3) is 0.300. The second-order valence-corrected chi connectivity index (χ2v) is 3.34. The van der Waals surface area contributed by atoms with E-state index >= 15 is 0 Å². The van der Waals surface area contributed by atoms with E-state index in [0.29, 0.717) is 0 Å². The Kier molecular flexibility index (Phi) is 2.04. The van der Waals surface area contributed by atoms with Gasteiger partial charge in [0.05, 0.1) is 11.9 Å². The van der Waals surface area contributed by atoms with Crippen molar-refractivity contribution in [2.75, 3.05) is 0 Å². The first kappa shape index (κ1) is 8.87. The summed E-state index contributed by atoms with van der Waals surface area (Å²) in [5.41, 5.74) is 2.94. The molecule has 72 valence electrons. The maximum atomic E-state index is 4.35. The van der Waals surface area contributed by atoms with Crippen molar-refractivity contribution in [3.05, 3.63) is 30.0 Å². The molecule has 0 saturated carbocycles. The molecule has 2 aromatic rings. The fourth-order valence-electron chi connectivity index (χ4n) is 1.42. The SMILES string of the molecule is Cc1cc(-c2cnn(C)c2)nc(C)n1. The summed E-state index contributed by atoms with van der Waals surface area (Å²) < 4.78 is 1.77. The highest BCUT2D eigenvalue weighted by atomic mass is 15.2. The van der Waals surface area contributed by atoms with Crippen LogP contribution in [-0.2, 0) is 7.05 Å². The quantitative estimate of drug-likeness (QED) is 0.681. The minimum atomic E-state index is 0.795. The van der Waals surface area contributed by atoms with Crippen molar-refractivity contribution in [2.24, 2.45) is 7.05 Å². The van der Waals surface area contributed by atoms with Gasteiger partial charge >= 0.3 is 0 Å². The number of hydrogen-bond acceptors (Lipinski definition) is 3. The summed E-state index contributed by atoms with van der Waals surface area (Å²) in [7, 11) is 1.89. The zero-order valence-electron chi connectivity index (χ0n) is 8.52. The van der Waals surface area contributed by atoms with E-state index in [9.17, 15) is 0 Å². The average molecular weight is 188 g/mol. The zero-order chi connectivity index (χ0) is 10.1. The summed E-state index contributed by atoms with van der Waals surface area (Å²) in [5.74, 6) is 0.795. The Bertz CT molecular complexity index is 439. The summed E-state index contributed by atoms with van der Waals surface area (Å²) >= 11 is 0. The number of aryl methyl sites for hydroxylation is 3. The van der Waals surface area contributed by atoms with Crippen LogP contribution in [0, 0.1) is 13.8 Å². The highest BCUT2D eigenvalue weighted by Crippen LogP contribution is 2.16. The highest BCUT2D eigenvalue weighted by Gasteiger charge is 2.03. The second kappa shape index (κ2) is 3.21. The second-order valence-electron chi connectivity index (χ2n) is 3.34.